The van der Waals surface area contributed by atoms with Crippen LogP contribution >= 0.6 is 0 Å². The van der Waals surface area contributed by atoms with Crippen molar-refractivity contribution in [2.45, 2.75) is 102 Å². The highest BCUT2D eigenvalue weighted by Crippen LogP contribution is 2.48. The molecule has 0 aromatic carbocycles. The van der Waals surface area contributed by atoms with Crippen molar-refractivity contribution in [3.63, 3.8) is 0 Å². The van der Waals surface area contributed by atoms with Crippen molar-refractivity contribution in [1.82, 2.24) is 4.90 Å². The molecule has 2 aliphatic carbocycles. The van der Waals surface area contributed by atoms with Crippen LogP contribution < -0.4 is 0 Å². The summed E-state index contributed by atoms with van der Waals surface area (Å²) in [6, 6.07) is 1.16. The summed E-state index contributed by atoms with van der Waals surface area (Å²) in [6.45, 7) is 2.39. The third-order valence-corrected chi connectivity index (χ3v) is 8.09. The first-order valence-corrected chi connectivity index (χ1v) is 11.1. The molecule has 2 aliphatic heterocycles. The second-order valence-corrected chi connectivity index (χ2v) is 9.61. The molecule has 2 bridgehead atoms. The van der Waals surface area contributed by atoms with E-state index < -0.39 is 0 Å². The first-order chi connectivity index (χ1) is 12.1. The SMILES string of the molecule is CC1CCC([C@H]2C[C@H]3CCC(C2C(=O)OC2CCCCC2)N3C)CC1. The average Bonchev–Trinajstić information content (AvgIpc) is 2.86. The number of carbonyl (C=O) groups excluding carboxylic acids is 1. The van der Waals surface area contributed by atoms with Crippen molar-refractivity contribution in [1.29, 1.82) is 0 Å². The Morgan fingerprint density at radius 3 is 2.36 bits per heavy atom. The Kier molecular flexibility index (Phi) is 5.41. The van der Waals surface area contributed by atoms with Crippen molar-refractivity contribution in [2.75, 3.05) is 7.05 Å². The van der Waals surface area contributed by atoms with Gasteiger partial charge in [-0.15, -0.1) is 0 Å². The molecule has 0 spiro atoms. The van der Waals surface area contributed by atoms with Crippen LogP contribution in [0.3, 0.4) is 0 Å². The molecule has 0 radical (unpaired) electrons. The van der Waals surface area contributed by atoms with E-state index in [0.29, 0.717) is 18.0 Å². The number of fused-ring (bicyclic) bond motifs is 2. The molecule has 4 aliphatic rings. The number of rotatable bonds is 3. The van der Waals surface area contributed by atoms with E-state index >= 15 is 0 Å². The molecule has 0 aromatic heterocycles. The molecule has 4 fully saturated rings. The number of esters is 1. The summed E-state index contributed by atoms with van der Waals surface area (Å²) in [5.74, 6) is 2.53. The summed E-state index contributed by atoms with van der Waals surface area (Å²) >= 11 is 0. The van der Waals surface area contributed by atoms with Crippen LogP contribution in [0.1, 0.15) is 84.0 Å². The molecule has 3 nitrogen and oxygen atoms in total. The molecule has 142 valence electrons. The monoisotopic (exact) mass is 347 g/mol. The van der Waals surface area contributed by atoms with E-state index in [0.717, 1.165) is 24.7 Å². The van der Waals surface area contributed by atoms with Crippen molar-refractivity contribution in [2.24, 2.45) is 23.7 Å². The highest BCUT2D eigenvalue weighted by molar-refractivity contribution is 5.74. The van der Waals surface area contributed by atoms with Crippen molar-refractivity contribution >= 4 is 5.97 Å². The maximum absolute atomic E-state index is 13.3. The first kappa shape index (κ1) is 17.8. The summed E-state index contributed by atoms with van der Waals surface area (Å²) in [6.07, 6.45) is 15.3. The molecule has 2 saturated carbocycles. The summed E-state index contributed by atoms with van der Waals surface area (Å²) < 4.78 is 6.11. The molecular formula is C22H37NO2. The van der Waals surface area contributed by atoms with E-state index in [1.807, 2.05) is 0 Å². The largest absolute Gasteiger partial charge is 0.462 e. The van der Waals surface area contributed by atoms with E-state index in [1.165, 1.54) is 64.2 Å². The lowest BCUT2D eigenvalue weighted by Gasteiger charge is -2.46. The predicted molar refractivity (Wildman–Crippen MR) is 100 cm³/mol. The molecule has 0 N–H and O–H groups in total. The summed E-state index contributed by atoms with van der Waals surface area (Å²) in [4.78, 5) is 15.8. The van der Waals surface area contributed by atoms with E-state index in [2.05, 4.69) is 18.9 Å². The third-order valence-electron chi connectivity index (χ3n) is 8.09. The van der Waals surface area contributed by atoms with Gasteiger partial charge >= 0.3 is 5.97 Å². The molecule has 25 heavy (non-hydrogen) atoms. The van der Waals surface area contributed by atoms with E-state index in [-0.39, 0.29) is 18.0 Å². The number of nitrogens with zero attached hydrogens (tertiary/aromatic N) is 1. The molecule has 2 heterocycles. The topological polar surface area (TPSA) is 29.5 Å². The van der Waals surface area contributed by atoms with Crippen molar-refractivity contribution in [3.05, 3.63) is 0 Å². The van der Waals surface area contributed by atoms with Gasteiger partial charge in [0.2, 0.25) is 0 Å². The van der Waals surface area contributed by atoms with Gasteiger partial charge in [-0.05, 0) is 82.6 Å². The molecule has 0 aromatic rings. The van der Waals surface area contributed by atoms with Gasteiger partial charge in [0.1, 0.15) is 6.10 Å². The standard InChI is InChI=1S/C22H37NO2/c1-15-8-10-16(11-9-15)19-14-17-12-13-20(23(17)2)21(19)22(24)25-18-6-4-3-5-7-18/h15-21H,3-14H2,1-2H3/t15?,16?,17-,19-,20?,21?/m1/s1. The zero-order chi connectivity index (χ0) is 17.4. The van der Waals surface area contributed by atoms with Crippen LogP contribution in [-0.4, -0.2) is 36.1 Å². The lowest BCUT2D eigenvalue weighted by molar-refractivity contribution is -0.164. The van der Waals surface area contributed by atoms with Crippen LogP contribution in [-0.2, 0) is 9.53 Å². The molecular weight excluding hydrogens is 310 g/mol. The predicted octanol–water partition coefficient (Wildman–Crippen LogP) is 4.79. The minimum absolute atomic E-state index is 0.143. The quantitative estimate of drug-likeness (QED) is 0.688. The van der Waals surface area contributed by atoms with E-state index in [1.54, 1.807) is 0 Å². The van der Waals surface area contributed by atoms with Gasteiger partial charge in [0, 0.05) is 12.1 Å². The van der Waals surface area contributed by atoms with Gasteiger partial charge in [0.25, 0.3) is 0 Å². The molecule has 4 atom stereocenters. The number of ether oxygens (including phenoxy) is 1. The van der Waals surface area contributed by atoms with E-state index in [9.17, 15) is 4.79 Å². The Labute approximate surface area is 153 Å². The Hall–Kier alpha value is -0.570. The third kappa shape index (κ3) is 3.63. The van der Waals surface area contributed by atoms with Crippen LogP contribution in [0, 0.1) is 23.7 Å². The van der Waals surface area contributed by atoms with Gasteiger partial charge in [-0.25, -0.2) is 0 Å². The van der Waals surface area contributed by atoms with Crippen LogP contribution in [0.25, 0.3) is 0 Å². The number of piperidine rings is 1. The zero-order valence-electron chi connectivity index (χ0n) is 16.3. The minimum atomic E-state index is 0.143. The normalized spacial score (nSPS) is 43.1. The summed E-state index contributed by atoms with van der Waals surface area (Å²) in [5.41, 5.74) is 0. The van der Waals surface area contributed by atoms with Gasteiger partial charge in [-0.2, -0.15) is 0 Å². The van der Waals surface area contributed by atoms with Gasteiger partial charge in [-0.3, -0.25) is 9.69 Å². The average molecular weight is 348 g/mol. The maximum Gasteiger partial charge on any atom is 0.311 e. The summed E-state index contributed by atoms with van der Waals surface area (Å²) in [5, 5.41) is 0. The van der Waals surface area contributed by atoms with Crippen molar-refractivity contribution in [3.8, 4) is 0 Å². The van der Waals surface area contributed by atoms with Crippen LogP contribution in [0.4, 0.5) is 0 Å². The minimum Gasteiger partial charge on any atom is -0.462 e. The van der Waals surface area contributed by atoms with Crippen LogP contribution in [0.15, 0.2) is 0 Å². The van der Waals surface area contributed by atoms with Gasteiger partial charge in [-0.1, -0.05) is 26.2 Å². The van der Waals surface area contributed by atoms with E-state index in [4.69, 9.17) is 4.74 Å². The lowest BCUT2D eigenvalue weighted by atomic mass is 9.67. The lowest BCUT2D eigenvalue weighted by Crippen LogP contribution is -2.52. The Morgan fingerprint density at radius 2 is 1.64 bits per heavy atom. The smallest absolute Gasteiger partial charge is 0.311 e. The van der Waals surface area contributed by atoms with Crippen LogP contribution in [0.2, 0.25) is 0 Å². The fraction of sp³-hybridized carbons (Fsp3) is 0.955. The molecule has 2 unspecified atom stereocenters. The van der Waals surface area contributed by atoms with Crippen molar-refractivity contribution < 1.29 is 9.53 Å². The number of hydrogen-bond donors (Lipinski definition) is 0. The fourth-order valence-electron chi connectivity index (χ4n) is 6.46. The maximum atomic E-state index is 13.3. The van der Waals surface area contributed by atoms with Gasteiger partial charge in [0.05, 0.1) is 5.92 Å². The Morgan fingerprint density at radius 1 is 0.920 bits per heavy atom. The number of hydrogen-bond acceptors (Lipinski definition) is 3. The Bertz CT molecular complexity index is 465. The van der Waals surface area contributed by atoms with Gasteiger partial charge in [0.15, 0.2) is 0 Å². The molecule has 0 amide bonds. The molecule has 3 heteroatoms. The fourth-order valence-corrected chi connectivity index (χ4v) is 6.46. The van der Waals surface area contributed by atoms with Gasteiger partial charge < -0.3 is 4.74 Å². The van der Waals surface area contributed by atoms with Crippen LogP contribution in [0.5, 0.6) is 0 Å². The molecule has 2 saturated heterocycles. The first-order valence-electron chi connectivity index (χ1n) is 11.1. The highest BCUT2D eigenvalue weighted by Gasteiger charge is 2.51. The second-order valence-electron chi connectivity index (χ2n) is 9.61. The highest BCUT2D eigenvalue weighted by atomic mass is 16.5. The summed E-state index contributed by atoms with van der Waals surface area (Å²) in [7, 11) is 2.25. The second kappa shape index (κ2) is 7.58. The zero-order valence-corrected chi connectivity index (χ0v) is 16.3. The number of carbonyl (C=O) groups is 1. The Balaban J connectivity index is 1.48. The molecule has 4 rings (SSSR count).